The number of hydrogen-bond donors (Lipinski definition) is 2. The van der Waals surface area contributed by atoms with Crippen LogP contribution in [0.4, 0.5) is 0 Å². The topological polar surface area (TPSA) is 61.4 Å². The summed E-state index contributed by atoms with van der Waals surface area (Å²) in [5.74, 6) is 0.980. The maximum Gasteiger partial charge on any atom is 0.224 e. The number of carbonyl (C=O) groups excluding carboxylic acids is 2. The van der Waals surface area contributed by atoms with E-state index in [1.807, 2.05) is 4.90 Å². The van der Waals surface area contributed by atoms with E-state index in [1.54, 1.807) is 0 Å². The zero-order valence-electron chi connectivity index (χ0n) is 13.7. The van der Waals surface area contributed by atoms with Gasteiger partial charge in [0.05, 0.1) is 0 Å². The lowest BCUT2D eigenvalue weighted by atomic mass is 9.93. The molecule has 22 heavy (non-hydrogen) atoms. The highest BCUT2D eigenvalue weighted by Gasteiger charge is 2.16. The molecule has 0 atom stereocenters. The number of amides is 2. The molecule has 0 spiro atoms. The lowest BCUT2D eigenvalue weighted by Crippen LogP contribution is -2.35. The Labute approximate surface area is 134 Å². The van der Waals surface area contributed by atoms with E-state index in [9.17, 15) is 9.59 Å². The molecule has 126 valence electrons. The molecule has 2 heterocycles. The van der Waals surface area contributed by atoms with E-state index in [4.69, 9.17) is 0 Å². The van der Waals surface area contributed by atoms with Crippen LogP contribution in [0.5, 0.6) is 0 Å². The van der Waals surface area contributed by atoms with Crippen molar-refractivity contribution in [1.29, 1.82) is 0 Å². The predicted octanol–water partition coefficient (Wildman–Crippen LogP) is 1.68. The number of piperidine rings is 1. The van der Waals surface area contributed by atoms with Crippen LogP contribution in [0.3, 0.4) is 0 Å². The van der Waals surface area contributed by atoms with Crippen molar-refractivity contribution in [3.8, 4) is 0 Å². The lowest BCUT2D eigenvalue weighted by molar-refractivity contribution is -0.131. The van der Waals surface area contributed by atoms with Gasteiger partial charge in [-0.3, -0.25) is 9.59 Å². The van der Waals surface area contributed by atoms with Crippen molar-refractivity contribution in [2.75, 3.05) is 32.7 Å². The molecule has 0 aliphatic carbocycles. The molecule has 0 unspecified atom stereocenters. The highest BCUT2D eigenvalue weighted by molar-refractivity contribution is 5.79. The van der Waals surface area contributed by atoms with Crippen LogP contribution in [0.15, 0.2) is 0 Å². The molecule has 0 aromatic carbocycles. The van der Waals surface area contributed by atoms with Crippen LogP contribution >= 0.6 is 0 Å². The largest absolute Gasteiger partial charge is 0.356 e. The molecular formula is C17H31N3O2. The fourth-order valence-electron chi connectivity index (χ4n) is 3.38. The summed E-state index contributed by atoms with van der Waals surface area (Å²) in [6.07, 6.45) is 9.09. The molecule has 2 aliphatic heterocycles. The molecule has 2 saturated heterocycles. The quantitative estimate of drug-likeness (QED) is 0.785. The van der Waals surface area contributed by atoms with Gasteiger partial charge in [0, 0.05) is 32.5 Å². The highest BCUT2D eigenvalue weighted by Crippen LogP contribution is 2.17. The first kappa shape index (κ1) is 17.3. The number of nitrogens with one attached hydrogen (secondary N) is 2. The van der Waals surface area contributed by atoms with E-state index in [0.717, 1.165) is 45.4 Å². The third kappa shape index (κ3) is 6.34. The van der Waals surface area contributed by atoms with Crippen molar-refractivity contribution >= 4 is 11.8 Å². The minimum absolute atomic E-state index is 0.0993. The molecule has 2 fully saturated rings. The van der Waals surface area contributed by atoms with Crippen LogP contribution in [0.2, 0.25) is 0 Å². The number of likely N-dealkylation sites (tertiary alicyclic amines) is 1. The van der Waals surface area contributed by atoms with Crippen LogP contribution < -0.4 is 10.6 Å². The first-order valence-corrected chi connectivity index (χ1v) is 9.01. The Morgan fingerprint density at radius 3 is 2.36 bits per heavy atom. The van der Waals surface area contributed by atoms with Crippen molar-refractivity contribution in [3.05, 3.63) is 0 Å². The van der Waals surface area contributed by atoms with E-state index < -0.39 is 0 Å². The zero-order valence-corrected chi connectivity index (χ0v) is 13.7. The fraction of sp³-hybridized carbons (Fsp3) is 0.882. The summed E-state index contributed by atoms with van der Waals surface area (Å²) in [4.78, 5) is 25.9. The number of rotatable bonds is 6. The normalized spacial score (nSPS) is 20.5. The Morgan fingerprint density at radius 2 is 1.68 bits per heavy atom. The monoisotopic (exact) mass is 309 g/mol. The second-order valence-electron chi connectivity index (χ2n) is 6.63. The van der Waals surface area contributed by atoms with Crippen LogP contribution in [0, 0.1) is 5.92 Å². The van der Waals surface area contributed by atoms with Gasteiger partial charge in [0.2, 0.25) is 11.8 Å². The SMILES string of the molecule is O=C(CCC1CCNCC1)NCCC(=O)N1CCCCCC1. The lowest BCUT2D eigenvalue weighted by Gasteiger charge is -2.22. The van der Waals surface area contributed by atoms with Gasteiger partial charge < -0.3 is 15.5 Å². The fourth-order valence-corrected chi connectivity index (χ4v) is 3.38. The van der Waals surface area contributed by atoms with Crippen LogP contribution in [0.1, 0.15) is 57.8 Å². The third-order valence-electron chi connectivity index (χ3n) is 4.86. The highest BCUT2D eigenvalue weighted by atomic mass is 16.2. The average Bonchev–Trinajstić information content (AvgIpc) is 2.83. The van der Waals surface area contributed by atoms with Gasteiger partial charge in [0.15, 0.2) is 0 Å². The first-order valence-electron chi connectivity index (χ1n) is 9.01. The van der Waals surface area contributed by atoms with Crippen LogP contribution in [0.25, 0.3) is 0 Å². The summed E-state index contributed by atoms with van der Waals surface area (Å²) >= 11 is 0. The van der Waals surface area contributed by atoms with E-state index in [1.165, 1.54) is 25.7 Å². The Hall–Kier alpha value is -1.10. The molecule has 2 aliphatic rings. The summed E-state index contributed by atoms with van der Waals surface area (Å²) in [7, 11) is 0. The Balaban J connectivity index is 1.54. The molecule has 2 N–H and O–H groups in total. The Morgan fingerprint density at radius 1 is 1.00 bits per heavy atom. The molecule has 0 aromatic rings. The van der Waals surface area contributed by atoms with Gasteiger partial charge in [-0.2, -0.15) is 0 Å². The minimum Gasteiger partial charge on any atom is -0.356 e. The summed E-state index contributed by atoms with van der Waals surface area (Å²) in [6, 6.07) is 0. The van der Waals surface area contributed by atoms with Crippen LogP contribution in [-0.4, -0.2) is 49.4 Å². The van der Waals surface area contributed by atoms with Gasteiger partial charge in [0.1, 0.15) is 0 Å². The smallest absolute Gasteiger partial charge is 0.224 e. The van der Waals surface area contributed by atoms with Gasteiger partial charge in [-0.1, -0.05) is 12.8 Å². The molecule has 0 saturated carbocycles. The Bertz CT molecular complexity index is 346. The number of carbonyl (C=O) groups is 2. The molecule has 0 bridgehead atoms. The van der Waals surface area contributed by atoms with Crippen LogP contribution in [-0.2, 0) is 9.59 Å². The van der Waals surface area contributed by atoms with Crippen molar-refractivity contribution in [1.82, 2.24) is 15.5 Å². The maximum absolute atomic E-state index is 12.1. The summed E-state index contributed by atoms with van der Waals surface area (Å²) < 4.78 is 0. The molecule has 5 nitrogen and oxygen atoms in total. The van der Waals surface area contributed by atoms with Gasteiger partial charge in [-0.05, 0) is 51.1 Å². The van der Waals surface area contributed by atoms with E-state index in [0.29, 0.717) is 25.3 Å². The second-order valence-corrected chi connectivity index (χ2v) is 6.63. The molecule has 0 aromatic heterocycles. The average molecular weight is 309 g/mol. The molecule has 2 amide bonds. The second kappa shape index (κ2) is 9.82. The molecule has 2 rings (SSSR count). The minimum atomic E-state index is 0.0993. The summed E-state index contributed by atoms with van der Waals surface area (Å²) in [5.41, 5.74) is 0. The first-order chi connectivity index (χ1) is 10.8. The van der Waals surface area contributed by atoms with E-state index >= 15 is 0 Å². The maximum atomic E-state index is 12.1. The van der Waals surface area contributed by atoms with Crippen molar-refractivity contribution < 1.29 is 9.59 Å². The van der Waals surface area contributed by atoms with Gasteiger partial charge in [0.25, 0.3) is 0 Å². The molecule has 0 radical (unpaired) electrons. The standard InChI is InChI=1S/C17H31N3O2/c21-16(6-5-15-7-10-18-11-8-15)19-12-9-17(22)20-13-3-1-2-4-14-20/h15,18H,1-14H2,(H,19,21). The van der Waals surface area contributed by atoms with Crippen molar-refractivity contribution in [2.24, 2.45) is 5.92 Å². The summed E-state index contributed by atoms with van der Waals surface area (Å²) in [5, 5.41) is 6.25. The molecule has 5 heteroatoms. The Kier molecular flexibility index (Phi) is 7.71. The van der Waals surface area contributed by atoms with Gasteiger partial charge in [-0.25, -0.2) is 0 Å². The number of hydrogen-bond acceptors (Lipinski definition) is 3. The van der Waals surface area contributed by atoms with Gasteiger partial charge >= 0.3 is 0 Å². The number of nitrogens with zero attached hydrogens (tertiary/aromatic N) is 1. The zero-order chi connectivity index (χ0) is 15.6. The van der Waals surface area contributed by atoms with Gasteiger partial charge in [-0.15, -0.1) is 0 Å². The van der Waals surface area contributed by atoms with E-state index in [2.05, 4.69) is 10.6 Å². The van der Waals surface area contributed by atoms with Crippen molar-refractivity contribution in [3.63, 3.8) is 0 Å². The van der Waals surface area contributed by atoms with E-state index in [-0.39, 0.29) is 11.8 Å². The van der Waals surface area contributed by atoms with Crippen molar-refractivity contribution in [2.45, 2.75) is 57.8 Å². The molecular weight excluding hydrogens is 278 g/mol. The predicted molar refractivity (Wildman–Crippen MR) is 87.5 cm³/mol. The third-order valence-corrected chi connectivity index (χ3v) is 4.86. The summed E-state index contributed by atoms with van der Waals surface area (Å²) in [6.45, 7) is 4.43.